The summed E-state index contributed by atoms with van der Waals surface area (Å²) in [4.78, 5) is 6.69. The van der Waals surface area contributed by atoms with Crippen molar-refractivity contribution in [3.8, 4) is 0 Å². The number of hydrogen-bond acceptors (Lipinski definition) is 4. The van der Waals surface area contributed by atoms with Crippen molar-refractivity contribution in [2.75, 3.05) is 33.9 Å². The van der Waals surface area contributed by atoms with Crippen LogP contribution in [0.4, 0.5) is 0 Å². The molecule has 0 saturated carbocycles. The number of methoxy groups -OCH3 is 1. The minimum absolute atomic E-state index is 0. The highest BCUT2D eigenvalue weighted by Crippen LogP contribution is 2.21. The van der Waals surface area contributed by atoms with Crippen molar-refractivity contribution in [3.63, 3.8) is 0 Å². The van der Waals surface area contributed by atoms with Crippen molar-refractivity contribution in [3.05, 3.63) is 53.3 Å². The van der Waals surface area contributed by atoms with E-state index in [0.29, 0.717) is 13.2 Å². The highest BCUT2D eigenvalue weighted by Gasteiger charge is 2.25. The standard InChI is InChI=1S/C19H27N5O2.HI/c1-20-19(21-10-15-5-4-6-16(9-15)14-25-3)24-7-8-26-18(13-24)17-11-22-23(2)12-17;/h4-6,9,11-12,18H,7-8,10,13-14H2,1-3H3,(H,20,21);1H. The van der Waals surface area contributed by atoms with Gasteiger partial charge < -0.3 is 19.7 Å². The minimum atomic E-state index is 0. The lowest BCUT2D eigenvalue weighted by Gasteiger charge is -2.34. The number of aryl methyl sites for hydroxylation is 1. The molecule has 1 aromatic carbocycles. The average molecular weight is 485 g/mol. The molecule has 1 fully saturated rings. The molecule has 1 aliphatic rings. The Morgan fingerprint density at radius 1 is 1.41 bits per heavy atom. The van der Waals surface area contributed by atoms with Crippen LogP contribution in [-0.2, 0) is 29.7 Å². The first-order valence-electron chi connectivity index (χ1n) is 8.82. The molecule has 1 atom stereocenters. The van der Waals surface area contributed by atoms with Gasteiger partial charge in [0.25, 0.3) is 0 Å². The lowest BCUT2D eigenvalue weighted by molar-refractivity contribution is -0.00805. The second-order valence-electron chi connectivity index (χ2n) is 6.41. The van der Waals surface area contributed by atoms with Crippen molar-refractivity contribution in [2.24, 2.45) is 12.0 Å². The van der Waals surface area contributed by atoms with Crippen LogP contribution in [0.5, 0.6) is 0 Å². The monoisotopic (exact) mass is 485 g/mol. The highest BCUT2D eigenvalue weighted by molar-refractivity contribution is 14.0. The highest BCUT2D eigenvalue weighted by atomic mass is 127. The van der Waals surface area contributed by atoms with E-state index in [9.17, 15) is 0 Å². The number of aliphatic imine (C=N–C) groups is 1. The zero-order valence-electron chi connectivity index (χ0n) is 16.1. The van der Waals surface area contributed by atoms with Gasteiger partial charge in [-0.2, -0.15) is 5.10 Å². The Morgan fingerprint density at radius 3 is 2.93 bits per heavy atom. The third kappa shape index (κ3) is 5.91. The molecule has 2 heterocycles. The van der Waals surface area contributed by atoms with Crippen LogP contribution in [0.15, 0.2) is 41.7 Å². The fraction of sp³-hybridized carbons (Fsp3) is 0.474. The largest absolute Gasteiger partial charge is 0.380 e. The molecule has 0 spiro atoms. The predicted octanol–water partition coefficient (Wildman–Crippen LogP) is 2.33. The molecule has 148 valence electrons. The van der Waals surface area contributed by atoms with E-state index >= 15 is 0 Å². The molecule has 27 heavy (non-hydrogen) atoms. The van der Waals surface area contributed by atoms with Crippen LogP contribution in [0.25, 0.3) is 0 Å². The molecule has 1 saturated heterocycles. The number of benzene rings is 1. The van der Waals surface area contributed by atoms with Crippen molar-refractivity contribution in [1.29, 1.82) is 0 Å². The van der Waals surface area contributed by atoms with E-state index in [1.54, 1.807) is 11.8 Å². The number of nitrogens with one attached hydrogen (secondary N) is 1. The van der Waals surface area contributed by atoms with Gasteiger partial charge in [0.05, 0.1) is 26.0 Å². The summed E-state index contributed by atoms with van der Waals surface area (Å²) in [5.41, 5.74) is 3.47. The Labute approximate surface area is 177 Å². The Hall–Kier alpha value is -1.65. The van der Waals surface area contributed by atoms with E-state index in [0.717, 1.165) is 31.2 Å². The molecule has 3 rings (SSSR count). The van der Waals surface area contributed by atoms with Gasteiger partial charge in [-0.3, -0.25) is 9.67 Å². The Bertz CT molecular complexity index is 749. The summed E-state index contributed by atoms with van der Waals surface area (Å²) >= 11 is 0. The van der Waals surface area contributed by atoms with E-state index in [2.05, 4.69) is 44.6 Å². The van der Waals surface area contributed by atoms with Gasteiger partial charge in [-0.15, -0.1) is 24.0 Å². The summed E-state index contributed by atoms with van der Waals surface area (Å²) in [6.45, 7) is 3.59. The van der Waals surface area contributed by atoms with Gasteiger partial charge in [0.1, 0.15) is 6.10 Å². The van der Waals surface area contributed by atoms with Gasteiger partial charge in [-0.25, -0.2) is 0 Å². The van der Waals surface area contributed by atoms with Crippen LogP contribution in [-0.4, -0.2) is 54.5 Å². The summed E-state index contributed by atoms with van der Waals surface area (Å²) in [5.74, 6) is 0.888. The lowest BCUT2D eigenvalue weighted by atomic mass is 10.1. The maximum atomic E-state index is 5.92. The second-order valence-corrected chi connectivity index (χ2v) is 6.41. The van der Waals surface area contributed by atoms with Crippen molar-refractivity contribution < 1.29 is 9.47 Å². The number of rotatable bonds is 5. The zero-order chi connectivity index (χ0) is 18.4. The summed E-state index contributed by atoms with van der Waals surface area (Å²) in [5, 5.41) is 7.70. The number of hydrogen-bond donors (Lipinski definition) is 1. The summed E-state index contributed by atoms with van der Waals surface area (Å²) in [7, 11) is 5.45. The third-order valence-corrected chi connectivity index (χ3v) is 4.43. The third-order valence-electron chi connectivity index (χ3n) is 4.43. The van der Waals surface area contributed by atoms with E-state index in [-0.39, 0.29) is 30.1 Å². The van der Waals surface area contributed by atoms with Gasteiger partial charge >= 0.3 is 0 Å². The molecule has 2 aromatic rings. The second kappa shape index (κ2) is 10.6. The number of guanidine groups is 1. The van der Waals surface area contributed by atoms with Crippen LogP contribution in [0, 0.1) is 0 Å². The molecular weight excluding hydrogens is 457 g/mol. The van der Waals surface area contributed by atoms with Gasteiger partial charge in [-0.05, 0) is 11.1 Å². The molecular formula is C19H28IN5O2. The Kier molecular flexibility index (Phi) is 8.52. The lowest BCUT2D eigenvalue weighted by Crippen LogP contribution is -2.47. The van der Waals surface area contributed by atoms with Gasteiger partial charge in [-0.1, -0.05) is 24.3 Å². The van der Waals surface area contributed by atoms with Gasteiger partial charge in [0.2, 0.25) is 0 Å². The quantitative estimate of drug-likeness (QED) is 0.400. The number of aromatic nitrogens is 2. The molecule has 1 aromatic heterocycles. The van der Waals surface area contributed by atoms with Crippen LogP contribution in [0.1, 0.15) is 22.8 Å². The fourth-order valence-electron chi connectivity index (χ4n) is 3.16. The first kappa shape index (κ1) is 21.6. The first-order chi connectivity index (χ1) is 12.7. The van der Waals surface area contributed by atoms with E-state index in [1.165, 1.54) is 11.1 Å². The molecule has 1 unspecified atom stereocenters. The van der Waals surface area contributed by atoms with E-state index in [4.69, 9.17) is 9.47 Å². The zero-order valence-corrected chi connectivity index (χ0v) is 18.4. The molecule has 0 radical (unpaired) electrons. The Morgan fingerprint density at radius 2 is 2.22 bits per heavy atom. The molecule has 0 amide bonds. The average Bonchev–Trinajstić information content (AvgIpc) is 3.10. The summed E-state index contributed by atoms with van der Waals surface area (Å²) < 4.78 is 12.9. The van der Waals surface area contributed by atoms with Crippen molar-refractivity contribution in [1.82, 2.24) is 20.0 Å². The van der Waals surface area contributed by atoms with Crippen LogP contribution in [0.2, 0.25) is 0 Å². The maximum Gasteiger partial charge on any atom is 0.194 e. The molecule has 1 aliphatic heterocycles. The van der Waals surface area contributed by atoms with Gasteiger partial charge in [0, 0.05) is 46.1 Å². The van der Waals surface area contributed by atoms with Crippen LogP contribution < -0.4 is 5.32 Å². The molecule has 8 heteroatoms. The smallest absolute Gasteiger partial charge is 0.194 e. The SMILES string of the molecule is CN=C(NCc1cccc(COC)c1)N1CCOC(c2cnn(C)c2)C1.I. The van der Waals surface area contributed by atoms with Gasteiger partial charge in [0.15, 0.2) is 5.96 Å². The molecule has 0 aliphatic carbocycles. The molecule has 7 nitrogen and oxygen atoms in total. The summed E-state index contributed by atoms with van der Waals surface area (Å²) in [6.07, 6.45) is 3.89. The number of ether oxygens (including phenoxy) is 2. The van der Waals surface area contributed by atoms with Crippen molar-refractivity contribution in [2.45, 2.75) is 19.3 Å². The number of halogens is 1. The fourth-order valence-corrected chi connectivity index (χ4v) is 3.16. The number of nitrogens with zero attached hydrogens (tertiary/aromatic N) is 4. The Balaban J connectivity index is 0.00000261. The maximum absolute atomic E-state index is 5.92. The minimum Gasteiger partial charge on any atom is -0.380 e. The normalized spacial score (nSPS) is 17.5. The molecule has 0 bridgehead atoms. The van der Waals surface area contributed by atoms with E-state index < -0.39 is 0 Å². The first-order valence-corrected chi connectivity index (χ1v) is 8.82. The van der Waals surface area contributed by atoms with E-state index in [1.807, 2.05) is 26.5 Å². The summed E-state index contributed by atoms with van der Waals surface area (Å²) in [6, 6.07) is 8.39. The van der Waals surface area contributed by atoms with Crippen LogP contribution >= 0.6 is 24.0 Å². The number of morpholine rings is 1. The molecule has 1 N–H and O–H groups in total. The predicted molar refractivity (Wildman–Crippen MR) is 116 cm³/mol. The van der Waals surface area contributed by atoms with Crippen LogP contribution in [0.3, 0.4) is 0 Å². The van der Waals surface area contributed by atoms with Crippen molar-refractivity contribution >= 4 is 29.9 Å². The topological polar surface area (TPSA) is 63.9 Å².